The molecule has 1 aliphatic heterocycles. The number of aromatic nitrogens is 2. The summed E-state index contributed by atoms with van der Waals surface area (Å²) in [5.74, 6) is 0.134. The van der Waals surface area contributed by atoms with Crippen molar-refractivity contribution < 1.29 is 9.90 Å². The summed E-state index contributed by atoms with van der Waals surface area (Å²) in [4.78, 5) is 14.5. The second-order valence-corrected chi connectivity index (χ2v) is 6.00. The highest BCUT2D eigenvalue weighted by Crippen LogP contribution is 2.20. The zero-order valence-electron chi connectivity index (χ0n) is 13.3. The number of hydrogen-bond donors (Lipinski definition) is 1. The van der Waals surface area contributed by atoms with Crippen molar-refractivity contribution in [3.63, 3.8) is 0 Å². The first-order chi connectivity index (χ1) is 11.3. The number of aliphatic hydroxyl groups excluding tert-OH is 1. The number of hydrogen-bond acceptors (Lipinski definition) is 3. The van der Waals surface area contributed by atoms with E-state index in [1.54, 1.807) is 10.9 Å². The molecule has 1 aromatic carbocycles. The van der Waals surface area contributed by atoms with Crippen LogP contribution in [0.3, 0.4) is 0 Å². The molecule has 5 heteroatoms. The Morgan fingerprint density at radius 3 is 2.39 bits per heavy atom. The maximum atomic E-state index is 12.6. The summed E-state index contributed by atoms with van der Waals surface area (Å²) in [5, 5.41) is 13.1. The third kappa shape index (κ3) is 3.79. The first-order valence-electron chi connectivity index (χ1n) is 8.31. The lowest BCUT2D eigenvalue weighted by Crippen LogP contribution is -2.31. The number of likely N-dealkylation sites (tertiary alicyclic amines) is 1. The van der Waals surface area contributed by atoms with Crippen LogP contribution in [0.15, 0.2) is 36.7 Å². The molecule has 0 atom stereocenters. The summed E-state index contributed by atoms with van der Waals surface area (Å²) in [6.45, 7) is 2.30. The minimum absolute atomic E-state index is 0.0738. The van der Waals surface area contributed by atoms with E-state index >= 15 is 0 Å². The van der Waals surface area contributed by atoms with Crippen LogP contribution < -0.4 is 0 Å². The Morgan fingerprint density at radius 2 is 1.74 bits per heavy atom. The highest BCUT2D eigenvalue weighted by molar-refractivity contribution is 5.94. The van der Waals surface area contributed by atoms with Gasteiger partial charge >= 0.3 is 0 Å². The van der Waals surface area contributed by atoms with Crippen LogP contribution in [0, 0.1) is 0 Å². The van der Waals surface area contributed by atoms with E-state index in [4.69, 9.17) is 5.11 Å². The van der Waals surface area contributed by atoms with E-state index in [0.717, 1.165) is 42.6 Å². The van der Waals surface area contributed by atoms with Crippen LogP contribution in [-0.2, 0) is 6.54 Å². The Labute approximate surface area is 136 Å². The van der Waals surface area contributed by atoms with E-state index in [1.165, 1.54) is 12.8 Å². The van der Waals surface area contributed by atoms with Crippen molar-refractivity contribution in [1.82, 2.24) is 14.7 Å². The number of amides is 1. The molecule has 2 aromatic rings. The predicted octanol–water partition coefficient (Wildman–Crippen LogP) is 2.56. The largest absolute Gasteiger partial charge is 0.394 e. The van der Waals surface area contributed by atoms with Crippen LogP contribution in [0.4, 0.5) is 0 Å². The summed E-state index contributed by atoms with van der Waals surface area (Å²) in [7, 11) is 0. The van der Waals surface area contributed by atoms with Gasteiger partial charge in [-0.3, -0.25) is 9.48 Å². The molecule has 2 heterocycles. The number of aliphatic hydroxyl groups is 1. The summed E-state index contributed by atoms with van der Waals surface area (Å²) < 4.78 is 1.71. The van der Waals surface area contributed by atoms with Crippen LogP contribution >= 0.6 is 0 Å². The van der Waals surface area contributed by atoms with Crippen LogP contribution in [-0.4, -0.2) is 45.4 Å². The zero-order valence-corrected chi connectivity index (χ0v) is 13.3. The molecule has 1 amide bonds. The van der Waals surface area contributed by atoms with E-state index < -0.39 is 0 Å². The first kappa shape index (κ1) is 15.7. The summed E-state index contributed by atoms with van der Waals surface area (Å²) in [5.41, 5.74) is 2.77. The van der Waals surface area contributed by atoms with Gasteiger partial charge in [0, 0.05) is 30.4 Å². The molecule has 23 heavy (non-hydrogen) atoms. The van der Waals surface area contributed by atoms with Gasteiger partial charge in [0.15, 0.2) is 0 Å². The van der Waals surface area contributed by atoms with Crippen molar-refractivity contribution in [1.29, 1.82) is 0 Å². The minimum atomic E-state index is 0.0738. The van der Waals surface area contributed by atoms with Crippen LogP contribution in [0.25, 0.3) is 11.1 Å². The fourth-order valence-electron chi connectivity index (χ4n) is 3.00. The Hall–Kier alpha value is -2.14. The normalized spacial score (nSPS) is 15.4. The molecule has 1 fully saturated rings. The molecule has 0 saturated carbocycles. The number of nitrogens with zero attached hydrogens (tertiary/aromatic N) is 3. The smallest absolute Gasteiger partial charge is 0.253 e. The lowest BCUT2D eigenvalue weighted by atomic mass is 10.1. The van der Waals surface area contributed by atoms with E-state index in [2.05, 4.69) is 5.10 Å². The highest BCUT2D eigenvalue weighted by Gasteiger charge is 2.17. The molecule has 0 bridgehead atoms. The van der Waals surface area contributed by atoms with Crippen molar-refractivity contribution in [3.05, 3.63) is 42.2 Å². The standard InChI is InChI=1S/C18H23N3O2/c22-12-11-21-14-17(13-19-21)15-5-7-16(8-6-15)18(23)20-9-3-1-2-4-10-20/h5-8,13-14,22H,1-4,9-12H2. The molecule has 0 aliphatic carbocycles. The molecular weight excluding hydrogens is 290 g/mol. The minimum Gasteiger partial charge on any atom is -0.394 e. The molecule has 0 unspecified atom stereocenters. The molecule has 3 rings (SSSR count). The molecule has 0 radical (unpaired) electrons. The monoisotopic (exact) mass is 313 g/mol. The van der Waals surface area contributed by atoms with Crippen LogP contribution in [0.2, 0.25) is 0 Å². The molecule has 5 nitrogen and oxygen atoms in total. The van der Waals surface area contributed by atoms with Gasteiger partial charge in [-0.05, 0) is 30.5 Å². The second-order valence-electron chi connectivity index (χ2n) is 6.00. The quantitative estimate of drug-likeness (QED) is 0.944. The number of carbonyl (C=O) groups excluding carboxylic acids is 1. The van der Waals surface area contributed by atoms with Gasteiger partial charge in [0.2, 0.25) is 0 Å². The van der Waals surface area contributed by atoms with E-state index in [1.807, 2.05) is 35.4 Å². The topological polar surface area (TPSA) is 58.4 Å². The first-order valence-corrected chi connectivity index (χ1v) is 8.31. The average molecular weight is 313 g/mol. The molecule has 1 N–H and O–H groups in total. The van der Waals surface area contributed by atoms with E-state index in [0.29, 0.717) is 6.54 Å². The SMILES string of the molecule is O=C(c1ccc(-c2cnn(CCO)c2)cc1)N1CCCCCC1. The fourth-order valence-corrected chi connectivity index (χ4v) is 3.00. The van der Waals surface area contributed by atoms with Gasteiger partial charge in [0.05, 0.1) is 19.3 Å². The number of rotatable bonds is 4. The zero-order chi connectivity index (χ0) is 16.1. The summed E-state index contributed by atoms with van der Waals surface area (Å²) in [6, 6.07) is 7.72. The molecule has 0 spiro atoms. The van der Waals surface area contributed by atoms with Gasteiger partial charge < -0.3 is 10.0 Å². The third-order valence-corrected chi connectivity index (χ3v) is 4.32. The maximum Gasteiger partial charge on any atom is 0.253 e. The number of carbonyl (C=O) groups is 1. The Kier molecular flexibility index (Phi) is 5.08. The average Bonchev–Trinajstić information content (AvgIpc) is 2.88. The maximum absolute atomic E-state index is 12.6. The van der Waals surface area contributed by atoms with E-state index in [9.17, 15) is 4.79 Å². The summed E-state index contributed by atoms with van der Waals surface area (Å²) >= 11 is 0. The summed E-state index contributed by atoms with van der Waals surface area (Å²) in [6.07, 6.45) is 8.34. The van der Waals surface area contributed by atoms with Gasteiger partial charge in [-0.15, -0.1) is 0 Å². The Bertz CT molecular complexity index is 641. The van der Waals surface area contributed by atoms with Crippen molar-refractivity contribution in [2.75, 3.05) is 19.7 Å². The van der Waals surface area contributed by atoms with Gasteiger partial charge in [0.1, 0.15) is 0 Å². The molecule has 1 aromatic heterocycles. The van der Waals surface area contributed by atoms with Gasteiger partial charge in [-0.2, -0.15) is 5.10 Å². The van der Waals surface area contributed by atoms with Crippen LogP contribution in [0.1, 0.15) is 36.0 Å². The lowest BCUT2D eigenvalue weighted by Gasteiger charge is -2.20. The Balaban J connectivity index is 1.71. The predicted molar refractivity (Wildman–Crippen MR) is 89.1 cm³/mol. The van der Waals surface area contributed by atoms with Gasteiger partial charge in [-0.25, -0.2) is 0 Å². The highest BCUT2D eigenvalue weighted by atomic mass is 16.3. The van der Waals surface area contributed by atoms with Crippen molar-refractivity contribution in [2.24, 2.45) is 0 Å². The fraction of sp³-hybridized carbons (Fsp3) is 0.444. The van der Waals surface area contributed by atoms with Gasteiger partial charge in [0.25, 0.3) is 5.91 Å². The lowest BCUT2D eigenvalue weighted by molar-refractivity contribution is 0.0761. The van der Waals surface area contributed by atoms with Crippen molar-refractivity contribution >= 4 is 5.91 Å². The number of benzene rings is 1. The van der Waals surface area contributed by atoms with E-state index in [-0.39, 0.29) is 12.5 Å². The molecular formula is C18H23N3O2. The van der Waals surface area contributed by atoms with Crippen LogP contribution in [0.5, 0.6) is 0 Å². The third-order valence-electron chi connectivity index (χ3n) is 4.32. The molecule has 122 valence electrons. The van der Waals surface area contributed by atoms with Crippen molar-refractivity contribution in [3.8, 4) is 11.1 Å². The molecule has 1 aliphatic rings. The Morgan fingerprint density at radius 1 is 1.04 bits per heavy atom. The molecule has 1 saturated heterocycles. The second kappa shape index (κ2) is 7.42. The van der Waals surface area contributed by atoms with Gasteiger partial charge in [-0.1, -0.05) is 25.0 Å². The van der Waals surface area contributed by atoms with Crippen molar-refractivity contribution in [2.45, 2.75) is 32.2 Å².